The van der Waals surface area contributed by atoms with Gasteiger partial charge in [-0.1, -0.05) is 13.3 Å². The maximum Gasteiger partial charge on any atom is 0.111 e. The zero-order valence-corrected chi connectivity index (χ0v) is 11.4. The Morgan fingerprint density at radius 1 is 1.56 bits per heavy atom. The molecule has 1 saturated heterocycles. The molecule has 0 bridgehead atoms. The molecule has 1 aromatic heterocycles. The zero-order chi connectivity index (χ0) is 13.0. The van der Waals surface area contributed by atoms with E-state index in [1.807, 2.05) is 12.4 Å². The molecule has 2 atom stereocenters. The van der Waals surface area contributed by atoms with Gasteiger partial charge in [0.15, 0.2) is 0 Å². The van der Waals surface area contributed by atoms with E-state index in [-0.39, 0.29) is 6.10 Å². The number of hydrogen-bond acceptors (Lipinski definition) is 3. The first-order chi connectivity index (χ1) is 8.67. The largest absolute Gasteiger partial charge is 0.389 e. The van der Waals surface area contributed by atoms with Gasteiger partial charge in [-0.2, -0.15) is 0 Å². The minimum Gasteiger partial charge on any atom is -0.389 e. The van der Waals surface area contributed by atoms with Crippen molar-refractivity contribution in [3.8, 4) is 0 Å². The van der Waals surface area contributed by atoms with Crippen LogP contribution in [-0.4, -0.2) is 33.0 Å². The summed E-state index contributed by atoms with van der Waals surface area (Å²) >= 11 is 0. The molecule has 1 aliphatic heterocycles. The van der Waals surface area contributed by atoms with Gasteiger partial charge in [0, 0.05) is 44.8 Å². The summed E-state index contributed by atoms with van der Waals surface area (Å²) in [5, 5.41) is 10.7. The van der Waals surface area contributed by atoms with E-state index >= 15 is 0 Å². The summed E-state index contributed by atoms with van der Waals surface area (Å²) in [6, 6.07) is 0. The molecule has 2 unspecified atom stereocenters. The highest BCUT2D eigenvalue weighted by Gasteiger charge is 2.35. The summed E-state index contributed by atoms with van der Waals surface area (Å²) < 4.78 is 7.80. The van der Waals surface area contributed by atoms with E-state index in [9.17, 15) is 5.11 Å². The second-order valence-corrected chi connectivity index (χ2v) is 5.27. The smallest absolute Gasteiger partial charge is 0.111 e. The molecule has 4 heteroatoms. The molecule has 0 aliphatic carbocycles. The Kier molecular flexibility index (Phi) is 4.40. The van der Waals surface area contributed by atoms with E-state index in [2.05, 4.69) is 23.4 Å². The Balaban J connectivity index is 2.02. The molecule has 18 heavy (non-hydrogen) atoms. The fraction of sp³-hybridized carbons (Fsp3) is 0.786. The van der Waals surface area contributed by atoms with Crippen LogP contribution < -0.4 is 0 Å². The number of ether oxygens (including phenoxy) is 1. The van der Waals surface area contributed by atoms with E-state index in [1.54, 1.807) is 0 Å². The molecule has 2 heterocycles. The van der Waals surface area contributed by atoms with Crippen LogP contribution in [0.4, 0.5) is 0 Å². The molecule has 0 radical (unpaired) electrons. The lowest BCUT2D eigenvalue weighted by Crippen LogP contribution is -2.43. The molecule has 0 spiro atoms. The summed E-state index contributed by atoms with van der Waals surface area (Å²) in [7, 11) is 0. The predicted octanol–water partition coefficient (Wildman–Crippen LogP) is 2.16. The minimum absolute atomic E-state index is 0.207. The molecule has 0 saturated carbocycles. The van der Waals surface area contributed by atoms with Gasteiger partial charge in [0.2, 0.25) is 0 Å². The van der Waals surface area contributed by atoms with Gasteiger partial charge in [-0.15, -0.1) is 0 Å². The third-order valence-electron chi connectivity index (χ3n) is 3.77. The SMILES string of the molecule is CCCC1CC(O)(Cc2nccn2CC)CCO1. The van der Waals surface area contributed by atoms with E-state index in [1.165, 1.54) is 0 Å². The van der Waals surface area contributed by atoms with Crippen LogP contribution in [0.5, 0.6) is 0 Å². The Hall–Kier alpha value is -0.870. The third-order valence-corrected chi connectivity index (χ3v) is 3.77. The van der Waals surface area contributed by atoms with Gasteiger partial charge in [-0.25, -0.2) is 4.98 Å². The van der Waals surface area contributed by atoms with Crippen LogP contribution in [-0.2, 0) is 17.7 Å². The van der Waals surface area contributed by atoms with Crippen molar-refractivity contribution < 1.29 is 9.84 Å². The van der Waals surface area contributed by atoms with Gasteiger partial charge in [-0.05, 0) is 13.3 Å². The highest BCUT2D eigenvalue weighted by Crippen LogP contribution is 2.29. The summed E-state index contributed by atoms with van der Waals surface area (Å²) in [6.45, 7) is 5.81. The van der Waals surface area contributed by atoms with Gasteiger partial charge in [0.1, 0.15) is 5.82 Å². The zero-order valence-electron chi connectivity index (χ0n) is 11.4. The molecule has 2 rings (SSSR count). The average Bonchev–Trinajstić information content (AvgIpc) is 2.76. The first-order valence-corrected chi connectivity index (χ1v) is 7.01. The number of aromatic nitrogens is 2. The van der Waals surface area contributed by atoms with Crippen molar-refractivity contribution >= 4 is 0 Å². The third kappa shape index (κ3) is 3.12. The monoisotopic (exact) mass is 252 g/mol. The molecule has 0 aromatic carbocycles. The topological polar surface area (TPSA) is 47.3 Å². The lowest BCUT2D eigenvalue weighted by atomic mass is 9.86. The van der Waals surface area contributed by atoms with Crippen LogP contribution in [0.1, 0.15) is 45.4 Å². The van der Waals surface area contributed by atoms with Crippen molar-refractivity contribution in [2.75, 3.05) is 6.61 Å². The van der Waals surface area contributed by atoms with Gasteiger partial charge in [0.25, 0.3) is 0 Å². The number of imidazole rings is 1. The number of aliphatic hydroxyl groups is 1. The summed E-state index contributed by atoms with van der Waals surface area (Å²) in [5.41, 5.74) is -0.642. The summed E-state index contributed by atoms with van der Waals surface area (Å²) in [6.07, 6.45) is 8.21. The van der Waals surface area contributed by atoms with Gasteiger partial charge >= 0.3 is 0 Å². The Morgan fingerprint density at radius 3 is 3.11 bits per heavy atom. The molecule has 4 nitrogen and oxygen atoms in total. The summed E-state index contributed by atoms with van der Waals surface area (Å²) in [5.74, 6) is 0.983. The van der Waals surface area contributed by atoms with Crippen molar-refractivity contribution in [2.45, 2.75) is 64.2 Å². The van der Waals surface area contributed by atoms with Crippen LogP contribution in [0.2, 0.25) is 0 Å². The average molecular weight is 252 g/mol. The second kappa shape index (κ2) is 5.85. The maximum absolute atomic E-state index is 10.7. The molecule has 0 amide bonds. The maximum atomic E-state index is 10.7. The van der Waals surface area contributed by atoms with E-state index in [4.69, 9.17) is 4.74 Å². The fourth-order valence-electron chi connectivity index (χ4n) is 2.76. The molecule has 102 valence electrons. The molecular weight excluding hydrogens is 228 g/mol. The highest BCUT2D eigenvalue weighted by molar-refractivity contribution is 5.00. The first-order valence-electron chi connectivity index (χ1n) is 7.01. The molecule has 1 aliphatic rings. The predicted molar refractivity (Wildman–Crippen MR) is 70.4 cm³/mol. The fourth-order valence-corrected chi connectivity index (χ4v) is 2.76. The number of nitrogens with zero attached hydrogens (tertiary/aromatic N) is 2. The van der Waals surface area contributed by atoms with Gasteiger partial charge in [0.05, 0.1) is 11.7 Å². The van der Waals surface area contributed by atoms with Crippen molar-refractivity contribution in [1.82, 2.24) is 9.55 Å². The van der Waals surface area contributed by atoms with Gasteiger partial charge < -0.3 is 14.4 Å². The Bertz CT molecular complexity index is 376. The standard InChI is InChI=1S/C14H24N2O2/c1-3-5-12-10-14(17,6-9-18-12)11-13-15-7-8-16(13)4-2/h7-8,12,17H,3-6,9-11H2,1-2H3. The van der Waals surface area contributed by atoms with Crippen molar-refractivity contribution in [3.05, 3.63) is 18.2 Å². The quantitative estimate of drug-likeness (QED) is 0.873. The van der Waals surface area contributed by atoms with Crippen molar-refractivity contribution in [3.63, 3.8) is 0 Å². The molecule has 1 N–H and O–H groups in total. The minimum atomic E-state index is -0.642. The molecular formula is C14H24N2O2. The van der Waals surface area contributed by atoms with Crippen molar-refractivity contribution in [2.24, 2.45) is 0 Å². The number of rotatable bonds is 5. The first kappa shape index (κ1) is 13.6. The van der Waals surface area contributed by atoms with Crippen LogP contribution in [0.15, 0.2) is 12.4 Å². The molecule has 1 aromatic rings. The van der Waals surface area contributed by atoms with E-state index in [0.717, 1.165) is 31.6 Å². The number of aryl methyl sites for hydroxylation is 1. The Morgan fingerprint density at radius 2 is 2.39 bits per heavy atom. The second-order valence-electron chi connectivity index (χ2n) is 5.27. The van der Waals surface area contributed by atoms with Crippen LogP contribution in [0, 0.1) is 0 Å². The lowest BCUT2D eigenvalue weighted by Gasteiger charge is -2.36. The lowest BCUT2D eigenvalue weighted by molar-refractivity contribution is -0.105. The summed E-state index contributed by atoms with van der Waals surface area (Å²) in [4.78, 5) is 4.36. The van der Waals surface area contributed by atoms with Crippen LogP contribution in [0.3, 0.4) is 0 Å². The van der Waals surface area contributed by atoms with Crippen LogP contribution >= 0.6 is 0 Å². The normalized spacial score (nSPS) is 28.5. The van der Waals surface area contributed by atoms with Crippen molar-refractivity contribution in [1.29, 1.82) is 0 Å². The van der Waals surface area contributed by atoms with E-state index in [0.29, 0.717) is 19.4 Å². The highest BCUT2D eigenvalue weighted by atomic mass is 16.5. The van der Waals surface area contributed by atoms with Gasteiger partial charge in [-0.3, -0.25) is 0 Å². The van der Waals surface area contributed by atoms with Crippen LogP contribution in [0.25, 0.3) is 0 Å². The van der Waals surface area contributed by atoms with E-state index < -0.39 is 5.60 Å². The Labute approximate surface area is 109 Å². The number of hydrogen-bond donors (Lipinski definition) is 1. The molecule has 1 fully saturated rings.